The standard InChI is InChI=1S/C11H5ClF3N3O/c12-7-1-4-8(2-6(7)11(13,14)15)16-3-5-9(4)17-18-10(5)19/h1-3H,(H2,17,18,19). The Morgan fingerprint density at radius 3 is 2.58 bits per heavy atom. The van der Waals surface area contributed by atoms with Crippen LogP contribution in [-0.2, 0) is 6.18 Å². The van der Waals surface area contributed by atoms with Crippen LogP contribution in [0.25, 0.3) is 21.8 Å². The minimum Gasteiger partial charge on any atom is -0.297 e. The van der Waals surface area contributed by atoms with E-state index in [1.54, 1.807) is 0 Å². The SMILES string of the molecule is O=c1[nH][nH]c2c1cnc1cc(C(F)(F)F)c(Cl)cc12. The van der Waals surface area contributed by atoms with E-state index in [4.69, 9.17) is 11.6 Å². The molecule has 0 spiro atoms. The lowest BCUT2D eigenvalue weighted by atomic mass is 10.1. The van der Waals surface area contributed by atoms with Crippen LogP contribution in [0.15, 0.2) is 23.1 Å². The average molecular weight is 288 g/mol. The molecule has 0 unspecified atom stereocenters. The molecular formula is C11H5ClF3N3O. The molecule has 0 saturated heterocycles. The zero-order valence-electron chi connectivity index (χ0n) is 9.10. The van der Waals surface area contributed by atoms with E-state index >= 15 is 0 Å². The second-order valence-electron chi connectivity index (χ2n) is 3.97. The number of nitrogens with zero attached hydrogens (tertiary/aromatic N) is 1. The number of pyridine rings is 1. The minimum absolute atomic E-state index is 0.111. The van der Waals surface area contributed by atoms with Crippen molar-refractivity contribution in [2.24, 2.45) is 0 Å². The number of aromatic amines is 2. The lowest BCUT2D eigenvalue weighted by molar-refractivity contribution is -0.137. The quantitative estimate of drug-likeness (QED) is 0.667. The number of hydrogen-bond acceptors (Lipinski definition) is 2. The van der Waals surface area contributed by atoms with Crippen molar-refractivity contribution < 1.29 is 13.2 Å². The monoisotopic (exact) mass is 287 g/mol. The summed E-state index contributed by atoms with van der Waals surface area (Å²) < 4.78 is 38.2. The van der Waals surface area contributed by atoms with Gasteiger partial charge in [-0.2, -0.15) is 13.2 Å². The van der Waals surface area contributed by atoms with Crippen LogP contribution in [-0.4, -0.2) is 15.2 Å². The van der Waals surface area contributed by atoms with Crippen LogP contribution in [0.2, 0.25) is 5.02 Å². The molecular weight excluding hydrogens is 283 g/mol. The van der Waals surface area contributed by atoms with E-state index in [1.165, 1.54) is 6.20 Å². The van der Waals surface area contributed by atoms with Gasteiger partial charge < -0.3 is 0 Å². The fourth-order valence-electron chi connectivity index (χ4n) is 1.92. The van der Waals surface area contributed by atoms with Crippen LogP contribution < -0.4 is 5.56 Å². The average Bonchev–Trinajstić information content (AvgIpc) is 2.69. The summed E-state index contributed by atoms with van der Waals surface area (Å²) in [6.07, 6.45) is -3.32. The van der Waals surface area contributed by atoms with Crippen LogP contribution >= 0.6 is 11.6 Å². The van der Waals surface area contributed by atoms with Crippen molar-refractivity contribution in [2.75, 3.05) is 0 Å². The lowest BCUT2D eigenvalue weighted by Crippen LogP contribution is -2.06. The second-order valence-corrected chi connectivity index (χ2v) is 4.38. The van der Waals surface area contributed by atoms with Gasteiger partial charge in [0.15, 0.2) is 0 Å². The summed E-state index contributed by atoms with van der Waals surface area (Å²) in [6.45, 7) is 0. The van der Waals surface area contributed by atoms with Gasteiger partial charge in [0.1, 0.15) is 0 Å². The van der Waals surface area contributed by atoms with Crippen LogP contribution in [0, 0.1) is 0 Å². The first-order valence-electron chi connectivity index (χ1n) is 5.14. The lowest BCUT2D eigenvalue weighted by Gasteiger charge is -2.10. The molecule has 8 heteroatoms. The number of nitrogens with one attached hydrogen (secondary N) is 2. The molecule has 2 aromatic heterocycles. The number of fused-ring (bicyclic) bond motifs is 3. The van der Waals surface area contributed by atoms with E-state index < -0.39 is 16.8 Å². The molecule has 0 aliphatic heterocycles. The number of hydrogen-bond donors (Lipinski definition) is 2. The molecule has 2 heterocycles. The second kappa shape index (κ2) is 3.74. The van der Waals surface area contributed by atoms with Crippen LogP contribution in [0.4, 0.5) is 13.2 Å². The Kier molecular flexibility index (Phi) is 2.37. The number of aromatic nitrogens is 3. The van der Waals surface area contributed by atoms with Crippen LogP contribution in [0.3, 0.4) is 0 Å². The summed E-state index contributed by atoms with van der Waals surface area (Å²) in [7, 11) is 0. The van der Waals surface area contributed by atoms with Gasteiger partial charge in [-0.15, -0.1) is 0 Å². The van der Waals surface area contributed by atoms with Gasteiger partial charge in [-0.25, -0.2) is 0 Å². The summed E-state index contributed by atoms with van der Waals surface area (Å²) in [6, 6.07) is 2.02. The summed E-state index contributed by atoms with van der Waals surface area (Å²) >= 11 is 5.65. The molecule has 0 amide bonds. The van der Waals surface area contributed by atoms with Crippen molar-refractivity contribution in [3.63, 3.8) is 0 Å². The molecule has 0 aliphatic carbocycles. The Bertz CT molecular complexity index is 850. The maximum atomic E-state index is 12.7. The zero-order valence-corrected chi connectivity index (χ0v) is 9.86. The largest absolute Gasteiger partial charge is 0.417 e. The summed E-state index contributed by atoms with van der Waals surface area (Å²) in [4.78, 5) is 15.3. The normalized spacial score (nSPS) is 12.4. The molecule has 1 aromatic carbocycles. The van der Waals surface area contributed by atoms with Gasteiger partial charge >= 0.3 is 6.18 Å². The third kappa shape index (κ3) is 1.77. The number of benzene rings is 1. The summed E-state index contributed by atoms with van der Waals surface area (Å²) in [5, 5.41) is 5.13. The predicted octanol–water partition coefficient (Wildman–Crippen LogP) is 3.08. The molecule has 0 atom stereocenters. The van der Waals surface area contributed by atoms with Crippen molar-refractivity contribution in [1.82, 2.24) is 15.2 Å². The zero-order chi connectivity index (χ0) is 13.8. The summed E-state index contributed by atoms with van der Waals surface area (Å²) in [5.74, 6) is 0. The Hall–Kier alpha value is -2.02. The number of rotatable bonds is 0. The van der Waals surface area contributed by atoms with Crippen molar-refractivity contribution in [3.05, 3.63) is 39.3 Å². The Morgan fingerprint density at radius 1 is 1.16 bits per heavy atom. The maximum Gasteiger partial charge on any atom is 0.417 e. The van der Waals surface area contributed by atoms with Gasteiger partial charge in [-0.05, 0) is 12.1 Å². The van der Waals surface area contributed by atoms with E-state index in [-0.39, 0.29) is 16.5 Å². The first kappa shape index (κ1) is 12.0. The third-order valence-corrected chi connectivity index (χ3v) is 3.12. The topological polar surface area (TPSA) is 61.5 Å². The fraction of sp³-hybridized carbons (Fsp3) is 0.0909. The van der Waals surface area contributed by atoms with E-state index in [2.05, 4.69) is 15.2 Å². The smallest absolute Gasteiger partial charge is 0.297 e. The Labute approximate surface area is 108 Å². The van der Waals surface area contributed by atoms with Gasteiger partial charge in [0.25, 0.3) is 5.56 Å². The maximum absolute atomic E-state index is 12.7. The molecule has 0 aliphatic rings. The van der Waals surface area contributed by atoms with Crippen molar-refractivity contribution in [1.29, 1.82) is 0 Å². The molecule has 98 valence electrons. The predicted molar refractivity (Wildman–Crippen MR) is 64.2 cm³/mol. The first-order chi connectivity index (χ1) is 8.88. The highest BCUT2D eigenvalue weighted by atomic mass is 35.5. The van der Waals surface area contributed by atoms with Crippen molar-refractivity contribution in [2.45, 2.75) is 6.18 Å². The van der Waals surface area contributed by atoms with Gasteiger partial charge in [0, 0.05) is 11.6 Å². The number of alkyl halides is 3. The molecule has 0 saturated carbocycles. The summed E-state index contributed by atoms with van der Waals surface area (Å²) in [5.41, 5.74) is -0.850. The van der Waals surface area contributed by atoms with Crippen LogP contribution in [0.5, 0.6) is 0 Å². The fourth-order valence-corrected chi connectivity index (χ4v) is 2.19. The molecule has 4 nitrogen and oxygen atoms in total. The van der Waals surface area contributed by atoms with Crippen molar-refractivity contribution >= 4 is 33.4 Å². The minimum atomic E-state index is -4.55. The molecule has 2 N–H and O–H groups in total. The molecule has 3 aromatic rings. The molecule has 0 bridgehead atoms. The Morgan fingerprint density at radius 2 is 1.89 bits per heavy atom. The highest BCUT2D eigenvalue weighted by Gasteiger charge is 2.33. The van der Waals surface area contributed by atoms with Gasteiger partial charge in [-0.3, -0.25) is 20.0 Å². The third-order valence-electron chi connectivity index (χ3n) is 2.81. The van der Waals surface area contributed by atoms with Gasteiger partial charge in [0.05, 0.1) is 27.0 Å². The number of halogens is 4. The van der Waals surface area contributed by atoms with Gasteiger partial charge in [-0.1, -0.05) is 11.6 Å². The highest BCUT2D eigenvalue weighted by Crippen LogP contribution is 2.37. The van der Waals surface area contributed by atoms with E-state index in [1.807, 2.05) is 0 Å². The van der Waals surface area contributed by atoms with E-state index in [9.17, 15) is 18.0 Å². The molecule has 19 heavy (non-hydrogen) atoms. The van der Waals surface area contributed by atoms with E-state index in [0.29, 0.717) is 10.9 Å². The molecule has 0 radical (unpaired) electrons. The highest BCUT2D eigenvalue weighted by molar-refractivity contribution is 6.32. The van der Waals surface area contributed by atoms with Crippen LogP contribution in [0.1, 0.15) is 5.56 Å². The van der Waals surface area contributed by atoms with Gasteiger partial charge in [0.2, 0.25) is 0 Å². The van der Waals surface area contributed by atoms with E-state index in [0.717, 1.165) is 12.1 Å². The number of H-pyrrole nitrogens is 2. The molecule has 0 fully saturated rings. The Balaban J connectivity index is 2.44. The first-order valence-corrected chi connectivity index (χ1v) is 5.51. The molecule has 3 rings (SSSR count). The van der Waals surface area contributed by atoms with Crippen molar-refractivity contribution in [3.8, 4) is 0 Å².